The van der Waals surface area contributed by atoms with Gasteiger partial charge in [-0.1, -0.05) is 0 Å². The predicted molar refractivity (Wildman–Crippen MR) is 71.7 cm³/mol. The molecule has 3 rings (SSSR count). The van der Waals surface area contributed by atoms with Crippen molar-refractivity contribution in [2.24, 2.45) is 5.92 Å². The van der Waals surface area contributed by atoms with Gasteiger partial charge in [-0.25, -0.2) is 0 Å². The van der Waals surface area contributed by atoms with E-state index >= 15 is 0 Å². The zero-order chi connectivity index (χ0) is 12.7. The number of carbonyl (C=O) groups is 1. The summed E-state index contributed by atoms with van der Waals surface area (Å²) < 4.78 is 5.01. The van der Waals surface area contributed by atoms with Gasteiger partial charge in [0, 0.05) is 17.5 Å². The van der Waals surface area contributed by atoms with Gasteiger partial charge in [-0.15, -0.1) is 11.3 Å². The summed E-state index contributed by atoms with van der Waals surface area (Å²) in [4.78, 5) is 15.9. The summed E-state index contributed by atoms with van der Waals surface area (Å²) in [5.74, 6) is 0.461. The third-order valence-electron chi connectivity index (χ3n) is 4.19. The van der Waals surface area contributed by atoms with Crippen molar-refractivity contribution >= 4 is 17.3 Å². The molecule has 2 unspecified atom stereocenters. The summed E-state index contributed by atoms with van der Waals surface area (Å²) in [6, 6.07) is 2.51. The smallest absolute Gasteiger partial charge is 0.323 e. The van der Waals surface area contributed by atoms with Gasteiger partial charge in [-0.3, -0.25) is 9.69 Å². The molecule has 2 heterocycles. The van der Waals surface area contributed by atoms with E-state index in [4.69, 9.17) is 4.74 Å². The van der Waals surface area contributed by atoms with Crippen molar-refractivity contribution in [1.82, 2.24) is 4.90 Å². The Bertz CT molecular complexity index is 452. The molecule has 18 heavy (non-hydrogen) atoms. The van der Waals surface area contributed by atoms with Crippen molar-refractivity contribution in [3.8, 4) is 0 Å². The van der Waals surface area contributed by atoms with Crippen molar-refractivity contribution in [3.63, 3.8) is 0 Å². The van der Waals surface area contributed by atoms with Crippen LogP contribution >= 0.6 is 11.3 Å². The van der Waals surface area contributed by atoms with Crippen LogP contribution in [0.1, 0.15) is 36.2 Å². The van der Waals surface area contributed by atoms with Gasteiger partial charge in [0.2, 0.25) is 0 Å². The van der Waals surface area contributed by atoms with E-state index in [9.17, 15) is 4.79 Å². The first-order chi connectivity index (χ1) is 8.72. The molecular weight excluding hydrogens is 246 g/mol. The van der Waals surface area contributed by atoms with Crippen molar-refractivity contribution in [2.75, 3.05) is 13.7 Å². The number of hydrogen-bond donors (Lipinski definition) is 0. The number of thiophene rings is 1. The predicted octanol–water partition coefficient (Wildman–Crippen LogP) is 2.62. The molecule has 0 bridgehead atoms. The molecule has 0 N–H and O–H groups in total. The average molecular weight is 265 g/mol. The fourth-order valence-electron chi connectivity index (χ4n) is 3.04. The van der Waals surface area contributed by atoms with Crippen molar-refractivity contribution in [1.29, 1.82) is 0 Å². The minimum Gasteiger partial charge on any atom is -0.468 e. The third kappa shape index (κ3) is 1.97. The van der Waals surface area contributed by atoms with Crippen LogP contribution in [0.25, 0.3) is 0 Å². The molecule has 1 saturated carbocycles. The number of hydrogen-bond acceptors (Lipinski definition) is 4. The second kappa shape index (κ2) is 4.67. The summed E-state index contributed by atoms with van der Waals surface area (Å²) in [7, 11) is 1.50. The minimum atomic E-state index is -0.0528. The van der Waals surface area contributed by atoms with Gasteiger partial charge in [-0.2, -0.15) is 0 Å². The molecule has 2 aliphatic rings. The molecule has 98 valence electrons. The van der Waals surface area contributed by atoms with Crippen molar-refractivity contribution in [3.05, 3.63) is 21.9 Å². The number of methoxy groups -OCH3 is 1. The molecule has 1 aromatic rings. The van der Waals surface area contributed by atoms with Crippen molar-refractivity contribution < 1.29 is 9.53 Å². The lowest BCUT2D eigenvalue weighted by molar-refractivity contribution is -0.149. The number of rotatable bonds is 3. The molecule has 0 aromatic carbocycles. The summed E-state index contributed by atoms with van der Waals surface area (Å²) >= 11 is 1.84. The lowest BCUT2D eigenvalue weighted by atomic mass is 9.97. The molecule has 0 spiro atoms. The normalized spacial score (nSPS) is 25.6. The summed E-state index contributed by atoms with van der Waals surface area (Å²) in [5.41, 5.74) is 1.40. The molecule has 1 aromatic heterocycles. The van der Waals surface area contributed by atoms with Gasteiger partial charge >= 0.3 is 5.97 Å². The SMILES string of the molecule is COC(=O)C(C1CC1)N1CCc2sccc2C1C. The molecular formula is C14H19NO2S. The third-order valence-corrected chi connectivity index (χ3v) is 5.19. The van der Waals surface area contributed by atoms with E-state index in [1.54, 1.807) is 0 Å². The number of esters is 1. The molecule has 0 radical (unpaired) electrons. The highest BCUT2D eigenvalue weighted by Gasteiger charge is 2.44. The maximum absolute atomic E-state index is 12.0. The van der Waals surface area contributed by atoms with Crippen LogP contribution in [0, 0.1) is 5.92 Å². The molecule has 4 heteroatoms. The highest BCUT2D eigenvalue weighted by molar-refractivity contribution is 7.10. The van der Waals surface area contributed by atoms with E-state index in [1.165, 1.54) is 30.4 Å². The van der Waals surface area contributed by atoms with E-state index in [0.29, 0.717) is 12.0 Å². The lowest BCUT2D eigenvalue weighted by Crippen LogP contribution is -2.47. The van der Waals surface area contributed by atoms with E-state index in [2.05, 4.69) is 23.3 Å². The average Bonchev–Trinajstić information content (AvgIpc) is 3.08. The fourth-order valence-corrected chi connectivity index (χ4v) is 4.00. The largest absolute Gasteiger partial charge is 0.468 e. The van der Waals surface area contributed by atoms with E-state index in [0.717, 1.165) is 13.0 Å². The van der Waals surface area contributed by atoms with E-state index < -0.39 is 0 Å². The topological polar surface area (TPSA) is 29.5 Å². The summed E-state index contributed by atoms with van der Waals surface area (Å²) in [6.45, 7) is 3.19. The van der Waals surface area contributed by atoms with Gasteiger partial charge in [0.15, 0.2) is 0 Å². The van der Waals surface area contributed by atoms with Crippen LogP contribution in [0.2, 0.25) is 0 Å². The Balaban J connectivity index is 1.85. The maximum atomic E-state index is 12.0. The highest BCUT2D eigenvalue weighted by Crippen LogP contribution is 2.41. The Morgan fingerprint density at radius 2 is 2.33 bits per heavy atom. The Labute approximate surface area is 112 Å². The number of carbonyl (C=O) groups excluding carboxylic acids is 1. The Morgan fingerprint density at radius 1 is 1.56 bits per heavy atom. The lowest BCUT2D eigenvalue weighted by Gasteiger charge is -2.38. The minimum absolute atomic E-state index is 0.0296. The zero-order valence-electron chi connectivity index (χ0n) is 10.9. The van der Waals surface area contributed by atoms with E-state index in [1.807, 2.05) is 11.3 Å². The molecule has 3 nitrogen and oxygen atoms in total. The first kappa shape index (κ1) is 12.2. The molecule has 0 amide bonds. The molecule has 1 aliphatic heterocycles. The molecule has 2 atom stereocenters. The van der Waals surface area contributed by atoms with Crippen molar-refractivity contribution in [2.45, 2.75) is 38.3 Å². The molecule has 0 saturated heterocycles. The van der Waals surface area contributed by atoms with E-state index in [-0.39, 0.29) is 12.0 Å². The molecule has 1 aliphatic carbocycles. The first-order valence-corrected chi connectivity index (χ1v) is 7.50. The van der Waals surface area contributed by atoms with Crippen LogP contribution in [0.5, 0.6) is 0 Å². The van der Waals surface area contributed by atoms with Crippen LogP contribution < -0.4 is 0 Å². The van der Waals surface area contributed by atoms with Crippen LogP contribution in [-0.4, -0.2) is 30.6 Å². The van der Waals surface area contributed by atoms with Gasteiger partial charge in [0.1, 0.15) is 6.04 Å². The fraction of sp³-hybridized carbons (Fsp3) is 0.643. The van der Waals surface area contributed by atoms with Crippen LogP contribution in [-0.2, 0) is 16.0 Å². The van der Waals surface area contributed by atoms with Crippen LogP contribution in [0.3, 0.4) is 0 Å². The Hall–Kier alpha value is -0.870. The molecule has 1 fully saturated rings. The first-order valence-electron chi connectivity index (χ1n) is 6.62. The van der Waals surface area contributed by atoms with Gasteiger partial charge in [-0.05, 0) is 49.1 Å². The van der Waals surface area contributed by atoms with Crippen LogP contribution in [0.4, 0.5) is 0 Å². The van der Waals surface area contributed by atoms with Gasteiger partial charge in [0.25, 0.3) is 0 Å². The highest BCUT2D eigenvalue weighted by atomic mass is 32.1. The number of ether oxygens (including phenoxy) is 1. The Morgan fingerprint density at radius 3 is 3.00 bits per heavy atom. The van der Waals surface area contributed by atoms with Gasteiger partial charge in [0.05, 0.1) is 7.11 Å². The number of nitrogens with zero attached hydrogens (tertiary/aromatic N) is 1. The van der Waals surface area contributed by atoms with Gasteiger partial charge < -0.3 is 4.74 Å². The zero-order valence-corrected chi connectivity index (χ0v) is 11.7. The Kier molecular flexibility index (Phi) is 3.16. The van der Waals surface area contributed by atoms with Crippen LogP contribution in [0.15, 0.2) is 11.4 Å². The maximum Gasteiger partial charge on any atom is 0.323 e. The monoisotopic (exact) mass is 265 g/mol. The number of fused-ring (bicyclic) bond motifs is 1. The summed E-state index contributed by atoms with van der Waals surface area (Å²) in [6.07, 6.45) is 3.40. The quantitative estimate of drug-likeness (QED) is 0.787. The second-order valence-electron chi connectivity index (χ2n) is 5.27. The second-order valence-corrected chi connectivity index (χ2v) is 6.27. The standard InChI is InChI=1S/C14H19NO2S/c1-9-11-6-8-18-12(11)5-7-15(9)13(10-3-4-10)14(16)17-2/h6,8-10,13H,3-5,7H2,1-2H3. The summed E-state index contributed by atoms with van der Waals surface area (Å²) in [5, 5.41) is 2.16.